The van der Waals surface area contributed by atoms with E-state index < -0.39 is 22.2 Å². The van der Waals surface area contributed by atoms with Crippen LogP contribution in [0.1, 0.15) is 0 Å². The average Bonchev–Trinajstić information content (AvgIpc) is 3.59. The first-order valence-electron chi connectivity index (χ1n) is 10.6. The topological polar surface area (TPSA) is 134 Å². The monoisotopic (exact) mass is 488 g/mol. The van der Waals surface area contributed by atoms with Crippen LogP contribution in [0, 0.1) is 0 Å². The molecule has 12 heteroatoms. The van der Waals surface area contributed by atoms with Crippen LogP contribution >= 0.6 is 0 Å². The zero-order valence-corrected chi connectivity index (χ0v) is 19.3. The molecule has 4 unspecified atom stereocenters. The van der Waals surface area contributed by atoms with Crippen molar-refractivity contribution >= 4 is 16.0 Å². The minimum Gasteiger partial charge on any atom is -0.497 e. The summed E-state index contributed by atoms with van der Waals surface area (Å²) in [6, 6.07) is 9.12. The van der Waals surface area contributed by atoms with E-state index in [0.717, 1.165) is 0 Å². The minimum atomic E-state index is -3.94. The predicted octanol–water partition coefficient (Wildman–Crippen LogP) is 1.68. The third-order valence-electron chi connectivity index (χ3n) is 5.76. The second-order valence-electron chi connectivity index (χ2n) is 7.83. The van der Waals surface area contributed by atoms with E-state index in [2.05, 4.69) is 20.0 Å². The first kappa shape index (κ1) is 22.6. The van der Waals surface area contributed by atoms with Gasteiger partial charge in [-0.15, -0.1) is 0 Å². The number of aromatic nitrogens is 2. The predicted molar refractivity (Wildman–Crippen MR) is 120 cm³/mol. The summed E-state index contributed by atoms with van der Waals surface area (Å²) < 4.78 is 56.6. The molecule has 2 aliphatic heterocycles. The number of hydrogen-bond acceptors (Lipinski definition) is 10. The standard InChI is InChI=1S/C22H24N4O7S/c1-29-13-5-6-18(30-2)19(10-13)34(27,28)26-16-12-33-20-15(11-32-21(16)20)25-22-23-8-7-14(24-22)17-4-3-9-31-17/h3-10,15-16,20-21,26H,11-12H2,1-2H3,(H,23,24,25). The first-order chi connectivity index (χ1) is 16.5. The van der Waals surface area contributed by atoms with Crippen LogP contribution in [0.15, 0.2) is 58.2 Å². The van der Waals surface area contributed by atoms with E-state index in [-0.39, 0.29) is 29.4 Å². The second-order valence-corrected chi connectivity index (χ2v) is 9.52. The highest BCUT2D eigenvalue weighted by molar-refractivity contribution is 7.89. The zero-order valence-electron chi connectivity index (χ0n) is 18.5. The van der Waals surface area contributed by atoms with Gasteiger partial charge in [0.2, 0.25) is 16.0 Å². The molecule has 2 aromatic heterocycles. The molecule has 11 nitrogen and oxygen atoms in total. The molecule has 2 fully saturated rings. The van der Waals surface area contributed by atoms with Crippen molar-refractivity contribution in [1.29, 1.82) is 0 Å². The molecule has 0 amide bonds. The summed E-state index contributed by atoms with van der Waals surface area (Å²) in [6.07, 6.45) is 2.36. The SMILES string of the molecule is COc1ccc(OC)c(S(=O)(=O)NC2COC3C(Nc4nccc(-c5ccco5)n4)COC23)c1. The molecule has 0 spiro atoms. The maximum absolute atomic E-state index is 13.1. The van der Waals surface area contributed by atoms with Crippen molar-refractivity contribution in [1.82, 2.24) is 14.7 Å². The number of anilines is 1. The lowest BCUT2D eigenvalue weighted by atomic mass is 10.1. The molecule has 180 valence electrons. The van der Waals surface area contributed by atoms with Crippen molar-refractivity contribution in [2.24, 2.45) is 0 Å². The van der Waals surface area contributed by atoms with E-state index in [1.54, 1.807) is 36.7 Å². The van der Waals surface area contributed by atoms with Gasteiger partial charge in [0.1, 0.15) is 34.3 Å². The molecule has 0 saturated carbocycles. The summed E-state index contributed by atoms with van der Waals surface area (Å²) in [5, 5.41) is 3.24. The van der Waals surface area contributed by atoms with Crippen molar-refractivity contribution in [3.05, 3.63) is 48.9 Å². The van der Waals surface area contributed by atoms with Crippen molar-refractivity contribution in [3.63, 3.8) is 0 Å². The summed E-state index contributed by atoms with van der Waals surface area (Å²) >= 11 is 0. The van der Waals surface area contributed by atoms with Gasteiger partial charge in [0.25, 0.3) is 0 Å². The Kier molecular flexibility index (Phi) is 6.13. The molecule has 4 heterocycles. The molecule has 3 aromatic rings. The van der Waals surface area contributed by atoms with Gasteiger partial charge in [0.15, 0.2) is 5.76 Å². The Hall–Kier alpha value is -3.19. The lowest BCUT2D eigenvalue weighted by molar-refractivity contribution is 0.0690. The first-order valence-corrected chi connectivity index (χ1v) is 12.1. The van der Waals surface area contributed by atoms with E-state index in [9.17, 15) is 8.42 Å². The Morgan fingerprint density at radius 3 is 2.56 bits per heavy atom. The highest BCUT2D eigenvalue weighted by Crippen LogP contribution is 2.32. The largest absolute Gasteiger partial charge is 0.497 e. The summed E-state index contributed by atoms with van der Waals surface area (Å²) in [6.45, 7) is 0.469. The van der Waals surface area contributed by atoms with E-state index in [1.165, 1.54) is 20.3 Å². The molecule has 0 aliphatic carbocycles. The van der Waals surface area contributed by atoms with E-state index in [0.29, 0.717) is 29.8 Å². The zero-order chi connectivity index (χ0) is 23.7. The van der Waals surface area contributed by atoms with Gasteiger partial charge >= 0.3 is 0 Å². The molecule has 5 rings (SSSR count). The van der Waals surface area contributed by atoms with Crippen molar-refractivity contribution < 1.29 is 31.8 Å². The van der Waals surface area contributed by atoms with Gasteiger partial charge in [-0.05, 0) is 30.3 Å². The van der Waals surface area contributed by atoms with Crippen LogP contribution in [0.25, 0.3) is 11.5 Å². The fourth-order valence-corrected chi connectivity index (χ4v) is 5.55. The molecular weight excluding hydrogens is 464 g/mol. The van der Waals surface area contributed by atoms with Crippen LogP contribution in [-0.2, 0) is 19.5 Å². The molecule has 0 bridgehead atoms. The van der Waals surface area contributed by atoms with Gasteiger partial charge < -0.3 is 28.7 Å². The summed E-state index contributed by atoms with van der Waals surface area (Å²) in [4.78, 5) is 8.73. The maximum atomic E-state index is 13.1. The fraction of sp³-hybridized carbons (Fsp3) is 0.364. The number of ether oxygens (including phenoxy) is 4. The van der Waals surface area contributed by atoms with Gasteiger partial charge in [-0.25, -0.2) is 23.1 Å². The highest BCUT2D eigenvalue weighted by Gasteiger charge is 2.49. The second kappa shape index (κ2) is 9.22. The third-order valence-corrected chi connectivity index (χ3v) is 7.28. The van der Waals surface area contributed by atoms with Crippen molar-refractivity contribution in [2.45, 2.75) is 29.2 Å². The molecular formula is C22H24N4O7S. The Balaban J connectivity index is 1.29. The highest BCUT2D eigenvalue weighted by atomic mass is 32.2. The number of sulfonamides is 1. The minimum absolute atomic E-state index is 0.0198. The van der Waals surface area contributed by atoms with E-state index >= 15 is 0 Å². The number of furan rings is 1. The van der Waals surface area contributed by atoms with Crippen LogP contribution in [0.2, 0.25) is 0 Å². The van der Waals surface area contributed by atoms with Crippen LogP contribution in [0.5, 0.6) is 11.5 Å². The van der Waals surface area contributed by atoms with Gasteiger partial charge in [-0.1, -0.05) is 0 Å². The Morgan fingerprint density at radius 2 is 1.82 bits per heavy atom. The molecule has 4 atom stereocenters. The van der Waals surface area contributed by atoms with E-state index in [4.69, 9.17) is 23.4 Å². The number of hydrogen-bond donors (Lipinski definition) is 2. The van der Waals surface area contributed by atoms with Crippen LogP contribution in [0.3, 0.4) is 0 Å². The molecule has 2 aliphatic rings. The number of rotatable bonds is 8. The smallest absolute Gasteiger partial charge is 0.244 e. The fourth-order valence-electron chi connectivity index (χ4n) is 4.14. The number of fused-ring (bicyclic) bond motifs is 1. The molecule has 1 aromatic carbocycles. The van der Waals surface area contributed by atoms with Gasteiger partial charge in [-0.2, -0.15) is 0 Å². The van der Waals surface area contributed by atoms with Gasteiger partial charge in [0, 0.05) is 12.3 Å². The number of nitrogens with zero attached hydrogens (tertiary/aromatic N) is 2. The number of methoxy groups -OCH3 is 2. The summed E-state index contributed by atoms with van der Waals surface area (Å²) in [5.41, 5.74) is 0.642. The molecule has 0 radical (unpaired) electrons. The lowest BCUT2D eigenvalue weighted by Crippen LogP contribution is -2.44. The van der Waals surface area contributed by atoms with Crippen LogP contribution in [-0.4, -0.2) is 70.1 Å². The molecule has 2 N–H and O–H groups in total. The summed E-state index contributed by atoms with van der Waals surface area (Å²) in [7, 11) is -1.06. The van der Waals surface area contributed by atoms with Gasteiger partial charge in [-0.3, -0.25) is 0 Å². The molecule has 2 saturated heterocycles. The number of benzene rings is 1. The van der Waals surface area contributed by atoms with Gasteiger partial charge in [0.05, 0.1) is 45.8 Å². The number of nitrogens with one attached hydrogen (secondary N) is 2. The van der Waals surface area contributed by atoms with Crippen LogP contribution < -0.4 is 19.5 Å². The Bertz CT molecular complexity index is 1250. The average molecular weight is 489 g/mol. The Labute approximate surface area is 196 Å². The Morgan fingerprint density at radius 1 is 1.03 bits per heavy atom. The molecule has 34 heavy (non-hydrogen) atoms. The van der Waals surface area contributed by atoms with Crippen molar-refractivity contribution in [2.75, 3.05) is 32.8 Å². The van der Waals surface area contributed by atoms with E-state index in [1.807, 2.05) is 6.07 Å². The third kappa shape index (κ3) is 4.32. The van der Waals surface area contributed by atoms with Crippen molar-refractivity contribution in [3.8, 4) is 23.0 Å². The summed E-state index contributed by atoms with van der Waals surface area (Å²) in [5.74, 6) is 1.64. The lowest BCUT2D eigenvalue weighted by Gasteiger charge is -2.19. The maximum Gasteiger partial charge on any atom is 0.244 e. The quantitative estimate of drug-likeness (QED) is 0.482. The van der Waals surface area contributed by atoms with Crippen LogP contribution in [0.4, 0.5) is 5.95 Å². The normalized spacial score (nSPS) is 24.1.